The summed E-state index contributed by atoms with van der Waals surface area (Å²) in [7, 11) is 0. The summed E-state index contributed by atoms with van der Waals surface area (Å²) in [6.07, 6.45) is 0. The van der Waals surface area contributed by atoms with Crippen LogP contribution in [0.4, 0.5) is 15.3 Å². The molecule has 0 aliphatic heterocycles. The number of aryl methyl sites for hydroxylation is 1. The van der Waals surface area contributed by atoms with Gasteiger partial charge in [-0.1, -0.05) is 41.3 Å². The molecular formula is C21H16FN5O2S2. The number of hydrogen-bond acceptors (Lipinski definition) is 7. The van der Waals surface area contributed by atoms with Gasteiger partial charge >= 0.3 is 0 Å². The largest absolute Gasteiger partial charge is 0.305 e. The molecule has 2 aromatic carbocycles. The first kappa shape index (κ1) is 20.9. The van der Waals surface area contributed by atoms with E-state index in [0.717, 1.165) is 15.8 Å². The minimum atomic E-state index is -0.616. The predicted octanol–water partition coefficient (Wildman–Crippen LogP) is 4.52. The molecule has 0 spiro atoms. The van der Waals surface area contributed by atoms with Crippen molar-refractivity contribution in [3.05, 3.63) is 71.5 Å². The van der Waals surface area contributed by atoms with Crippen LogP contribution in [0, 0.1) is 12.7 Å². The summed E-state index contributed by atoms with van der Waals surface area (Å²) in [5, 5.41) is 14.2. The number of thiazole rings is 1. The smallest absolute Gasteiger partial charge is 0.259 e. The molecule has 7 nitrogen and oxygen atoms in total. The van der Waals surface area contributed by atoms with Crippen molar-refractivity contribution in [2.45, 2.75) is 11.9 Å². The summed E-state index contributed by atoms with van der Waals surface area (Å²) in [5.74, 6) is -1.12. The Kier molecular flexibility index (Phi) is 6.19. The first-order valence-electron chi connectivity index (χ1n) is 9.17. The van der Waals surface area contributed by atoms with Gasteiger partial charge in [-0.3, -0.25) is 9.59 Å². The van der Waals surface area contributed by atoms with Crippen LogP contribution in [0.3, 0.4) is 0 Å². The summed E-state index contributed by atoms with van der Waals surface area (Å²) in [6.45, 7) is 2.01. The van der Waals surface area contributed by atoms with Crippen molar-refractivity contribution in [3.63, 3.8) is 0 Å². The van der Waals surface area contributed by atoms with Crippen molar-refractivity contribution in [2.75, 3.05) is 16.4 Å². The fourth-order valence-electron chi connectivity index (χ4n) is 2.67. The number of aromatic nitrogens is 3. The standard InChI is InChI=1S/C21H16FN5O2S2/c1-12-6-7-15-16(10-12)31-21(23-15)25-18(28)11-30-19-9-8-17(26-27-19)24-20(29)13-4-2-3-5-14(13)22/h2-10H,11H2,1H3,(H,23,25,28)(H,24,26,29). The van der Waals surface area contributed by atoms with E-state index < -0.39 is 11.7 Å². The van der Waals surface area contributed by atoms with Gasteiger partial charge in [-0.2, -0.15) is 0 Å². The maximum absolute atomic E-state index is 13.7. The van der Waals surface area contributed by atoms with Crippen molar-refractivity contribution >= 4 is 56.1 Å². The van der Waals surface area contributed by atoms with Crippen LogP contribution in [0.1, 0.15) is 15.9 Å². The van der Waals surface area contributed by atoms with E-state index in [0.29, 0.717) is 10.2 Å². The van der Waals surface area contributed by atoms with Gasteiger partial charge in [0.1, 0.15) is 10.8 Å². The number of thioether (sulfide) groups is 1. The maximum Gasteiger partial charge on any atom is 0.259 e. The number of fused-ring (bicyclic) bond motifs is 1. The summed E-state index contributed by atoms with van der Waals surface area (Å²) < 4.78 is 14.7. The van der Waals surface area contributed by atoms with Gasteiger partial charge in [0, 0.05) is 0 Å². The summed E-state index contributed by atoms with van der Waals surface area (Å²) in [6, 6.07) is 14.8. The number of amides is 2. The second-order valence-corrected chi connectivity index (χ2v) is 8.54. The molecule has 0 bridgehead atoms. The van der Waals surface area contributed by atoms with Crippen LogP contribution in [-0.4, -0.2) is 32.7 Å². The summed E-state index contributed by atoms with van der Waals surface area (Å²) in [5.41, 5.74) is 1.90. The van der Waals surface area contributed by atoms with Gasteiger partial charge in [0.2, 0.25) is 5.91 Å². The van der Waals surface area contributed by atoms with Crippen molar-refractivity contribution in [1.82, 2.24) is 15.2 Å². The Morgan fingerprint density at radius 3 is 2.68 bits per heavy atom. The zero-order valence-electron chi connectivity index (χ0n) is 16.3. The van der Waals surface area contributed by atoms with E-state index in [1.54, 1.807) is 18.2 Å². The van der Waals surface area contributed by atoms with E-state index in [9.17, 15) is 14.0 Å². The van der Waals surface area contributed by atoms with Crippen molar-refractivity contribution < 1.29 is 14.0 Å². The number of carbonyl (C=O) groups is 2. The number of halogens is 1. The molecular weight excluding hydrogens is 437 g/mol. The Bertz CT molecular complexity index is 1260. The maximum atomic E-state index is 13.7. The average Bonchev–Trinajstić information content (AvgIpc) is 3.14. The SMILES string of the molecule is Cc1ccc2nc(NC(=O)CSc3ccc(NC(=O)c4ccccc4F)nn3)sc2c1. The lowest BCUT2D eigenvalue weighted by Gasteiger charge is -2.05. The monoisotopic (exact) mass is 453 g/mol. The number of anilines is 2. The van der Waals surface area contributed by atoms with E-state index in [4.69, 9.17) is 0 Å². The topological polar surface area (TPSA) is 96.9 Å². The highest BCUT2D eigenvalue weighted by molar-refractivity contribution is 7.99. The highest BCUT2D eigenvalue weighted by Gasteiger charge is 2.13. The molecule has 0 unspecified atom stereocenters. The molecule has 2 N–H and O–H groups in total. The van der Waals surface area contributed by atoms with E-state index in [-0.39, 0.29) is 23.0 Å². The lowest BCUT2D eigenvalue weighted by molar-refractivity contribution is -0.113. The number of benzene rings is 2. The molecule has 0 aliphatic rings. The van der Waals surface area contributed by atoms with Gasteiger partial charge in [-0.05, 0) is 48.9 Å². The molecule has 0 saturated carbocycles. The predicted molar refractivity (Wildman–Crippen MR) is 120 cm³/mol. The van der Waals surface area contributed by atoms with E-state index in [1.165, 1.54) is 41.3 Å². The Hall–Kier alpha value is -3.37. The number of nitrogens with zero attached hydrogens (tertiary/aromatic N) is 3. The van der Waals surface area contributed by atoms with Crippen LogP contribution in [0.5, 0.6) is 0 Å². The van der Waals surface area contributed by atoms with Crippen molar-refractivity contribution in [1.29, 1.82) is 0 Å². The Balaban J connectivity index is 1.31. The zero-order chi connectivity index (χ0) is 21.8. The van der Waals surface area contributed by atoms with Gasteiger partial charge in [0.25, 0.3) is 5.91 Å². The summed E-state index contributed by atoms with van der Waals surface area (Å²) in [4.78, 5) is 28.7. The molecule has 0 aliphatic carbocycles. The highest BCUT2D eigenvalue weighted by Crippen LogP contribution is 2.27. The molecule has 2 heterocycles. The first-order chi connectivity index (χ1) is 15.0. The fourth-order valence-corrected chi connectivity index (χ4v) is 4.27. The number of nitrogens with one attached hydrogen (secondary N) is 2. The molecule has 0 fully saturated rings. The van der Waals surface area contributed by atoms with Crippen molar-refractivity contribution in [3.8, 4) is 0 Å². The molecule has 0 radical (unpaired) electrons. The second-order valence-electron chi connectivity index (χ2n) is 6.52. The fraction of sp³-hybridized carbons (Fsp3) is 0.0952. The van der Waals surface area contributed by atoms with Gasteiger partial charge in [0.15, 0.2) is 10.9 Å². The number of hydrogen-bond donors (Lipinski definition) is 2. The van der Waals surface area contributed by atoms with Crippen LogP contribution in [0.25, 0.3) is 10.2 Å². The normalized spacial score (nSPS) is 10.8. The average molecular weight is 454 g/mol. The van der Waals surface area contributed by atoms with E-state index in [2.05, 4.69) is 25.8 Å². The Morgan fingerprint density at radius 1 is 1.06 bits per heavy atom. The molecule has 2 amide bonds. The molecule has 2 aromatic heterocycles. The van der Waals surface area contributed by atoms with Gasteiger partial charge in [-0.15, -0.1) is 10.2 Å². The van der Waals surface area contributed by atoms with Crippen LogP contribution < -0.4 is 10.6 Å². The van der Waals surface area contributed by atoms with Crippen LogP contribution in [-0.2, 0) is 4.79 Å². The lowest BCUT2D eigenvalue weighted by atomic mass is 10.2. The van der Waals surface area contributed by atoms with Gasteiger partial charge in [-0.25, -0.2) is 9.37 Å². The van der Waals surface area contributed by atoms with Crippen molar-refractivity contribution in [2.24, 2.45) is 0 Å². The molecule has 156 valence electrons. The third-order valence-electron chi connectivity index (χ3n) is 4.14. The third-order valence-corrected chi connectivity index (χ3v) is 6.00. The molecule has 0 atom stereocenters. The zero-order valence-corrected chi connectivity index (χ0v) is 17.9. The number of carbonyl (C=O) groups excluding carboxylic acids is 2. The Labute approximate surface area is 185 Å². The first-order valence-corrected chi connectivity index (χ1v) is 11.0. The van der Waals surface area contributed by atoms with E-state index in [1.807, 2.05) is 25.1 Å². The number of rotatable bonds is 6. The van der Waals surface area contributed by atoms with E-state index >= 15 is 0 Å². The quantitative estimate of drug-likeness (QED) is 0.417. The summed E-state index contributed by atoms with van der Waals surface area (Å²) >= 11 is 2.62. The second kappa shape index (κ2) is 9.19. The van der Waals surface area contributed by atoms with Crippen LogP contribution in [0.2, 0.25) is 0 Å². The van der Waals surface area contributed by atoms with Crippen LogP contribution >= 0.6 is 23.1 Å². The minimum absolute atomic E-state index is 0.0792. The van der Waals surface area contributed by atoms with Crippen LogP contribution in [0.15, 0.2) is 59.6 Å². The van der Waals surface area contributed by atoms with Gasteiger partial charge < -0.3 is 10.6 Å². The molecule has 4 aromatic rings. The Morgan fingerprint density at radius 2 is 1.90 bits per heavy atom. The lowest BCUT2D eigenvalue weighted by Crippen LogP contribution is -2.15. The highest BCUT2D eigenvalue weighted by atomic mass is 32.2. The van der Waals surface area contributed by atoms with Gasteiger partial charge in [0.05, 0.1) is 21.5 Å². The third kappa shape index (κ3) is 5.22. The molecule has 4 rings (SSSR count). The molecule has 31 heavy (non-hydrogen) atoms. The molecule has 0 saturated heterocycles. The molecule has 10 heteroatoms. The minimum Gasteiger partial charge on any atom is -0.305 e.